The van der Waals surface area contributed by atoms with Crippen LogP contribution in [0.5, 0.6) is 0 Å². The lowest BCUT2D eigenvalue weighted by atomic mass is 10.0. The minimum Gasteiger partial charge on any atom is -0.477 e. The summed E-state index contributed by atoms with van der Waals surface area (Å²) >= 11 is 0. The summed E-state index contributed by atoms with van der Waals surface area (Å²) in [6, 6.07) is -0.211. The number of hydrogen-bond donors (Lipinski definition) is 2. The molecule has 7 heteroatoms. The summed E-state index contributed by atoms with van der Waals surface area (Å²) < 4.78 is 1.29. The smallest absolute Gasteiger partial charge is 0.342 e. The van der Waals surface area contributed by atoms with Crippen LogP contribution in [0.1, 0.15) is 30.2 Å². The van der Waals surface area contributed by atoms with Crippen LogP contribution in [-0.4, -0.2) is 46.2 Å². The second kappa shape index (κ2) is 5.83. The van der Waals surface area contributed by atoms with Gasteiger partial charge in [-0.2, -0.15) is 0 Å². The Kier molecular flexibility index (Phi) is 4.66. The third-order valence-corrected chi connectivity index (χ3v) is 2.88. The number of aromatic nitrogens is 2. The SMILES string of the molecule is CC(C)C(CN(C)C)n1cc(C(=O)O)c(=O)[nH]c1=O. The average molecular weight is 269 g/mol. The molecule has 19 heavy (non-hydrogen) atoms. The van der Waals surface area contributed by atoms with E-state index in [9.17, 15) is 14.4 Å². The maximum Gasteiger partial charge on any atom is 0.342 e. The van der Waals surface area contributed by atoms with Gasteiger partial charge in [0.05, 0.1) is 6.04 Å². The molecular weight excluding hydrogens is 250 g/mol. The normalized spacial score (nSPS) is 12.9. The number of hydrogen-bond acceptors (Lipinski definition) is 4. The van der Waals surface area contributed by atoms with E-state index >= 15 is 0 Å². The first-order valence-corrected chi connectivity index (χ1v) is 5.97. The predicted molar refractivity (Wildman–Crippen MR) is 70.7 cm³/mol. The Labute approximate surface area is 110 Å². The van der Waals surface area contributed by atoms with Crippen LogP contribution < -0.4 is 11.2 Å². The zero-order valence-corrected chi connectivity index (χ0v) is 11.5. The number of likely N-dealkylation sites (N-methyl/N-ethyl adjacent to an activating group) is 1. The number of aromatic carboxylic acids is 1. The maximum atomic E-state index is 11.8. The maximum absolute atomic E-state index is 11.8. The molecule has 0 saturated carbocycles. The number of carboxylic acid groups (broad SMARTS) is 1. The minimum absolute atomic E-state index is 0.118. The van der Waals surface area contributed by atoms with Gasteiger partial charge in [-0.3, -0.25) is 14.3 Å². The van der Waals surface area contributed by atoms with E-state index in [4.69, 9.17) is 5.11 Å². The molecule has 0 fully saturated rings. The molecular formula is C12H19N3O4. The number of rotatable bonds is 5. The highest BCUT2D eigenvalue weighted by atomic mass is 16.4. The monoisotopic (exact) mass is 269 g/mol. The highest BCUT2D eigenvalue weighted by molar-refractivity contribution is 5.86. The largest absolute Gasteiger partial charge is 0.477 e. The van der Waals surface area contributed by atoms with Gasteiger partial charge in [-0.05, 0) is 20.0 Å². The second-order valence-electron chi connectivity index (χ2n) is 5.09. The molecule has 106 valence electrons. The molecule has 1 aromatic heterocycles. The predicted octanol–water partition coefficient (Wildman–Crippen LogP) is -0.00650. The van der Waals surface area contributed by atoms with Gasteiger partial charge in [0.25, 0.3) is 5.56 Å². The topological polar surface area (TPSA) is 95.4 Å². The zero-order valence-electron chi connectivity index (χ0n) is 11.5. The van der Waals surface area contributed by atoms with Gasteiger partial charge in [0.15, 0.2) is 0 Å². The first-order valence-electron chi connectivity index (χ1n) is 5.97. The third kappa shape index (κ3) is 3.54. The van der Waals surface area contributed by atoms with E-state index in [1.807, 2.05) is 37.8 Å². The van der Waals surface area contributed by atoms with E-state index in [2.05, 4.69) is 0 Å². The van der Waals surface area contributed by atoms with Gasteiger partial charge in [0, 0.05) is 12.7 Å². The second-order valence-corrected chi connectivity index (χ2v) is 5.09. The molecule has 0 aliphatic rings. The first kappa shape index (κ1) is 15.2. The summed E-state index contributed by atoms with van der Waals surface area (Å²) in [5.41, 5.74) is -1.89. The molecule has 7 nitrogen and oxygen atoms in total. The molecule has 0 bridgehead atoms. The van der Waals surface area contributed by atoms with Crippen LogP contribution in [0.3, 0.4) is 0 Å². The van der Waals surface area contributed by atoms with Crippen LogP contribution in [-0.2, 0) is 0 Å². The number of nitrogens with one attached hydrogen (secondary N) is 1. The summed E-state index contributed by atoms with van der Waals surface area (Å²) in [5.74, 6) is -1.23. The Morgan fingerprint density at radius 2 is 2.00 bits per heavy atom. The van der Waals surface area contributed by atoms with Gasteiger partial charge in [-0.25, -0.2) is 9.59 Å². The molecule has 0 aliphatic carbocycles. The molecule has 0 aromatic carbocycles. The molecule has 1 heterocycles. The molecule has 0 saturated heterocycles. The van der Waals surface area contributed by atoms with Crippen molar-refractivity contribution in [2.45, 2.75) is 19.9 Å². The van der Waals surface area contributed by atoms with Crippen molar-refractivity contribution >= 4 is 5.97 Å². The van der Waals surface area contributed by atoms with E-state index in [0.717, 1.165) is 6.20 Å². The third-order valence-electron chi connectivity index (χ3n) is 2.88. The average Bonchev–Trinajstić information content (AvgIpc) is 2.25. The van der Waals surface area contributed by atoms with Crippen molar-refractivity contribution in [2.75, 3.05) is 20.6 Å². The number of nitrogens with zero attached hydrogens (tertiary/aromatic N) is 2. The summed E-state index contributed by atoms with van der Waals surface area (Å²) in [5, 5.41) is 8.94. The standard InChI is InChI=1S/C12H19N3O4/c1-7(2)9(6-14(3)4)15-5-8(11(17)18)10(16)13-12(15)19/h5,7,9H,6H2,1-4H3,(H,17,18)(H,13,16,19). The fraction of sp³-hybridized carbons (Fsp3) is 0.583. The molecule has 1 rings (SSSR count). The molecule has 0 radical (unpaired) electrons. The minimum atomic E-state index is -1.35. The van der Waals surface area contributed by atoms with Crippen molar-refractivity contribution in [3.05, 3.63) is 32.6 Å². The Balaban J connectivity index is 3.38. The van der Waals surface area contributed by atoms with E-state index in [1.54, 1.807) is 0 Å². The molecule has 1 unspecified atom stereocenters. The quantitative estimate of drug-likeness (QED) is 0.784. The lowest BCUT2D eigenvalue weighted by molar-refractivity contribution is 0.0693. The number of carboxylic acids is 1. The van der Waals surface area contributed by atoms with Crippen molar-refractivity contribution in [3.63, 3.8) is 0 Å². The van der Waals surface area contributed by atoms with Gasteiger partial charge in [-0.15, -0.1) is 0 Å². The highest BCUT2D eigenvalue weighted by Crippen LogP contribution is 2.16. The number of H-pyrrole nitrogens is 1. The molecule has 0 amide bonds. The van der Waals surface area contributed by atoms with Crippen molar-refractivity contribution in [2.24, 2.45) is 5.92 Å². The van der Waals surface area contributed by atoms with Gasteiger partial charge < -0.3 is 10.0 Å². The van der Waals surface area contributed by atoms with Crippen molar-refractivity contribution in [3.8, 4) is 0 Å². The van der Waals surface area contributed by atoms with Crippen LogP contribution in [0.4, 0.5) is 0 Å². The Morgan fingerprint density at radius 1 is 1.42 bits per heavy atom. The fourth-order valence-corrected chi connectivity index (χ4v) is 1.88. The molecule has 1 aromatic rings. The summed E-state index contributed by atoms with van der Waals surface area (Å²) in [4.78, 5) is 38.1. The van der Waals surface area contributed by atoms with Gasteiger partial charge in [-0.1, -0.05) is 13.8 Å². The molecule has 2 N–H and O–H groups in total. The van der Waals surface area contributed by atoms with E-state index in [0.29, 0.717) is 6.54 Å². The Hall–Kier alpha value is -1.89. The highest BCUT2D eigenvalue weighted by Gasteiger charge is 2.20. The summed E-state index contributed by atoms with van der Waals surface area (Å²) in [6.45, 7) is 4.45. The van der Waals surface area contributed by atoms with Gasteiger partial charge in [0.2, 0.25) is 0 Å². The van der Waals surface area contributed by atoms with E-state index < -0.39 is 22.8 Å². The summed E-state index contributed by atoms with van der Waals surface area (Å²) in [7, 11) is 3.73. The lowest BCUT2D eigenvalue weighted by Gasteiger charge is -2.26. The van der Waals surface area contributed by atoms with Crippen LogP contribution in [0.15, 0.2) is 15.8 Å². The summed E-state index contributed by atoms with van der Waals surface area (Å²) in [6.07, 6.45) is 1.12. The van der Waals surface area contributed by atoms with Crippen molar-refractivity contribution in [1.82, 2.24) is 14.5 Å². The molecule has 0 aliphatic heterocycles. The zero-order chi connectivity index (χ0) is 14.7. The van der Waals surface area contributed by atoms with Crippen LogP contribution in [0.25, 0.3) is 0 Å². The van der Waals surface area contributed by atoms with E-state index in [1.165, 1.54) is 4.57 Å². The lowest BCUT2D eigenvalue weighted by Crippen LogP contribution is -2.40. The fourth-order valence-electron chi connectivity index (χ4n) is 1.88. The van der Waals surface area contributed by atoms with Crippen molar-refractivity contribution < 1.29 is 9.90 Å². The van der Waals surface area contributed by atoms with Gasteiger partial charge in [0.1, 0.15) is 5.56 Å². The Morgan fingerprint density at radius 3 is 2.42 bits per heavy atom. The van der Waals surface area contributed by atoms with E-state index in [-0.39, 0.29) is 12.0 Å². The van der Waals surface area contributed by atoms with Crippen LogP contribution in [0, 0.1) is 5.92 Å². The number of carbonyl (C=O) groups is 1. The Bertz CT molecular complexity index is 571. The van der Waals surface area contributed by atoms with Crippen LogP contribution >= 0.6 is 0 Å². The molecule has 0 spiro atoms. The number of aromatic amines is 1. The van der Waals surface area contributed by atoms with Gasteiger partial charge >= 0.3 is 11.7 Å². The van der Waals surface area contributed by atoms with Crippen LogP contribution in [0.2, 0.25) is 0 Å². The first-order chi connectivity index (χ1) is 8.73. The molecule has 1 atom stereocenters. The van der Waals surface area contributed by atoms with Crippen molar-refractivity contribution in [1.29, 1.82) is 0 Å².